The van der Waals surface area contributed by atoms with Gasteiger partial charge >= 0.3 is 12.4 Å². The van der Waals surface area contributed by atoms with Crippen molar-refractivity contribution in [3.05, 3.63) is 68.7 Å². The molecule has 226 valence electrons. The highest BCUT2D eigenvalue weighted by Crippen LogP contribution is 2.37. The van der Waals surface area contributed by atoms with Crippen LogP contribution in [0.2, 0.25) is 10.0 Å². The van der Waals surface area contributed by atoms with E-state index in [0.29, 0.717) is 41.2 Å². The minimum Gasteiger partial charge on any atom is -0.393 e. The van der Waals surface area contributed by atoms with Gasteiger partial charge in [-0.3, -0.25) is 9.69 Å². The first-order valence-corrected chi connectivity index (χ1v) is 14.0. The molecule has 13 heteroatoms. The Balaban J connectivity index is 1.47. The van der Waals surface area contributed by atoms with Gasteiger partial charge in [0, 0.05) is 57.3 Å². The summed E-state index contributed by atoms with van der Waals surface area (Å²) in [6.07, 6.45) is -8.28. The van der Waals surface area contributed by atoms with E-state index < -0.39 is 35.0 Å². The average Bonchev–Trinajstić information content (AvgIpc) is 2.87. The number of halogens is 8. The Bertz CT molecular complexity index is 1200. The van der Waals surface area contributed by atoms with Gasteiger partial charge in [-0.1, -0.05) is 29.3 Å². The van der Waals surface area contributed by atoms with Crippen LogP contribution >= 0.6 is 23.2 Å². The molecule has 2 saturated heterocycles. The highest BCUT2D eigenvalue weighted by molar-refractivity contribution is 6.42. The van der Waals surface area contributed by atoms with Crippen LogP contribution in [0.4, 0.5) is 26.3 Å². The number of likely N-dealkylation sites (tertiary alicyclic amines) is 2. The predicted molar refractivity (Wildman–Crippen MR) is 144 cm³/mol. The second kappa shape index (κ2) is 12.7. The number of likely N-dealkylation sites (N-methyl/N-ethyl adjacent to an activating group) is 1. The van der Waals surface area contributed by atoms with Crippen LogP contribution < -0.4 is 0 Å². The molecule has 2 aromatic rings. The Kier molecular flexibility index (Phi) is 9.85. The zero-order chi connectivity index (χ0) is 30.1. The number of nitrogens with zero attached hydrogens (tertiary/aromatic N) is 3. The zero-order valence-corrected chi connectivity index (χ0v) is 23.8. The predicted octanol–water partition coefficient (Wildman–Crippen LogP) is 6.42. The molecular weight excluding hydrogens is 595 g/mol. The van der Waals surface area contributed by atoms with E-state index in [-0.39, 0.29) is 24.6 Å². The van der Waals surface area contributed by atoms with Gasteiger partial charge < -0.3 is 14.9 Å². The van der Waals surface area contributed by atoms with E-state index in [2.05, 4.69) is 9.80 Å². The summed E-state index contributed by atoms with van der Waals surface area (Å²) in [4.78, 5) is 18.9. The highest BCUT2D eigenvalue weighted by Gasteiger charge is 2.38. The number of benzene rings is 2. The van der Waals surface area contributed by atoms with Crippen molar-refractivity contribution in [1.82, 2.24) is 14.7 Å². The first-order valence-electron chi connectivity index (χ1n) is 13.3. The maximum atomic E-state index is 13.3. The molecular formula is C28H31Cl2F6N3O2. The number of amides is 1. The van der Waals surface area contributed by atoms with Crippen molar-refractivity contribution in [3.8, 4) is 0 Å². The van der Waals surface area contributed by atoms with Crippen molar-refractivity contribution >= 4 is 29.1 Å². The second-order valence-corrected chi connectivity index (χ2v) is 11.6. The van der Waals surface area contributed by atoms with Crippen molar-refractivity contribution in [3.63, 3.8) is 0 Å². The minimum absolute atomic E-state index is 0.00164. The summed E-state index contributed by atoms with van der Waals surface area (Å²) in [5.74, 6) is -1.27. The van der Waals surface area contributed by atoms with E-state index >= 15 is 0 Å². The molecule has 2 heterocycles. The van der Waals surface area contributed by atoms with Gasteiger partial charge in [-0.05, 0) is 61.7 Å². The molecule has 0 saturated carbocycles. The Morgan fingerprint density at radius 2 is 1.56 bits per heavy atom. The van der Waals surface area contributed by atoms with E-state index in [0.717, 1.165) is 49.5 Å². The quantitative estimate of drug-likeness (QED) is 0.344. The number of aliphatic hydroxyl groups excluding tert-OH is 1. The molecule has 2 aliphatic rings. The zero-order valence-electron chi connectivity index (χ0n) is 22.3. The van der Waals surface area contributed by atoms with Crippen LogP contribution in [-0.2, 0) is 12.4 Å². The van der Waals surface area contributed by atoms with Gasteiger partial charge in [0.15, 0.2) is 0 Å². The van der Waals surface area contributed by atoms with Crippen molar-refractivity contribution in [2.24, 2.45) is 0 Å². The lowest BCUT2D eigenvalue weighted by molar-refractivity contribution is -0.143. The van der Waals surface area contributed by atoms with Crippen LogP contribution in [0.3, 0.4) is 0 Å². The summed E-state index contributed by atoms with van der Waals surface area (Å²) >= 11 is 12.3. The van der Waals surface area contributed by atoms with Gasteiger partial charge in [0.05, 0.1) is 27.3 Å². The smallest absolute Gasteiger partial charge is 0.393 e. The van der Waals surface area contributed by atoms with Crippen molar-refractivity contribution in [2.75, 3.05) is 46.3 Å². The number of hydrogen-bond donors (Lipinski definition) is 1. The third-order valence-corrected chi connectivity index (χ3v) is 8.58. The lowest BCUT2D eigenvalue weighted by Crippen LogP contribution is -2.61. The summed E-state index contributed by atoms with van der Waals surface area (Å²) in [6.45, 7) is 4.11. The number of piperidine rings is 1. The standard InChI is InChI=1S/C28H31Cl2F6N3O2/c1-37(26(41)19-10-20(27(31,32)33)13-21(11-19)28(34,35)36)14-18(17-2-3-24(29)25(30)12-17)4-7-38-15-22(16-38)39-8-5-23(40)6-9-39/h2-3,10-13,18,22-23,40H,4-9,14-16H2,1H3/t18-/m1/s1. The van der Waals surface area contributed by atoms with Crippen molar-refractivity contribution < 1.29 is 36.2 Å². The topological polar surface area (TPSA) is 47.0 Å². The molecule has 4 rings (SSSR count). The second-order valence-electron chi connectivity index (χ2n) is 10.8. The molecule has 0 spiro atoms. The molecule has 0 radical (unpaired) electrons. The van der Waals surface area contributed by atoms with E-state index in [1.54, 1.807) is 18.2 Å². The lowest BCUT2D eigenvalue weighted by Gasteiger charge is -2.47. The largest absolute Gasteiger partial charge is 0.416 e. The molecule has 0 aromatic heterocycles. The van der Waals surface area contributed by atoms with Gasteiger partial charge in [-0.2, -0.15) is 26.3 Å². The SMILES string of the molecule is CN(C[C@@H](CCN1CC(N2CCC(O)CC2)C1)c1ccc(Cl)c(Cl)c1)C(=O)c1cc(C(F)(F)F)cc(C(F)(F)F)c1. The number of alkyl halides is 6. The van der Waals surface area contributed by atoms with E-state index in [1.165, 1.54) is 7.05 Å². The van der Waals surface area contributed by atoms with Crippen LogP contribution in [0.25, 0.3) is 0 Å². The normalized spacial score (nSPS) is 18.8. The average molecular weight is 626 g/mol. The van der Waals surface area contributed by atoms with E-state index in [4.69, 9.17) is 23.2 Å². The molecule has 2 aromatic carbocycles. The van der Waals surface area contributed by atoms with E-state index in [9.17, 15) is 36.2 Å². The molecule has 0 aliphatic carbocycles. The van der Waals surface area contributed by atoms with Gasteiger partial charge in [0.1, 0.15) is 0 Å². The van der Waals surface area contributed by atoms with Gasteiger partial charge in [-0.15, -0.1) is 0 Å². The summed E-state index contributed by atoms with van der Waals surface area (Å²) in [5.41, 5.74) is -3.03. The first kappa shape index (κ1) is 31.9. The number of aliphatic hydroxyl groups is 1. The number of carbonyl (C=O) groups is 1. The first-order chi connectivity index (χ1) is 19.1. The summed E-state index contributed by atoms with van der Waals surface area (Å²) < 4.78 is 80.1. The number of carbonyl (C=O) groups excluding carboxylic acids is 1. The van der Waals surface area contributed by atoms with Gasteiger partial charge in [0.2, 0.25) is 0 Å². The molecule has 1 atom stereocenters. The Morgan fingerprint density at radius 1 is 0.976 bits per heavy atom. The van der Waals surface area contributed by atoms with Gasteiger partial charge in [-0.25, -0.2) is 0 Å². The maximum absolute atomic E-state index is 13.3. The lowest BCUT2D eigenvalue weighted by atomic mass is 9.93. The van der Waals surface area contributed by atoms with E-state index in [1.807, 2.05) is 0 Å². The van der Waals surface area contributed by atoms with Crippen LogP contribution in [0.1, 0.15) is 52.2 Å². The minimum atomic E-state index is -5.06. The fourth-order valence-corrected chi connectivity index (χ4v) is 5.69. The molecule has 0 unspecified atom stereocenters. The van der Waals surface area contributed by atoms with Gasteiger partial charge in [0.25, 0.3) is 5.91 Å². The molecule has 41 heavy (non-hydrogen) atoms. The molecule has 2 aliphatic heterocycles. The van der Waals surface area contributed by atoms with Crippen LogP contribution in [0, 0.1) is 0 Å². The molecule has 0 bridgehead atoms. The summed E-state index contributed by atoms with van der Waals surface area (Å²) in [6, 6.07) is 6.32. The maximum Gasteiger partial charge on any atom is 0.416 e. The molecule has 1 N–H and O–H groups in total. The number of hydrogen-bond acceptors (Lipinski definition) is 4. The van der Waals surface area contributed by atoms with Crippen LogP contribution in [0.15, 0.2) is 36.4 Å². The highest BCUT2D eigenvalue weighted by atomic mass is 35.5. The third-order valence-electron chi connectivity index (χ3n) is 7.84. The third kappa shape index (κ3) is 8.07. The summed E-state index contributed by atoms with van der Waals surface area (Å²) in [5, 5.41) is 10.4. The summed E-state index contributed by atoms with van der Waals surface area (Å²) in [7, 11) is 1.35. The van der Waals surface area contributed by atoms with Crippen molar-refractivity contribution in [1.29, 1.82) is 0 Å². The molecule has 2 fully saturated rings. The monoisotopic (exact) mass is 625 g/mol. The molecule has 1 amide bonds. The van der Waals surface area contributed by atoms with Crippen LogP contribution in [-0.4, -0.2) is 84.2 Å². The molecule has 5 nitrogen and oxygen atoms in total. The van der Waals surface area contributed by atoms with Crippen LogP contribution in [0.5, 0.6) is 0 Å². The Labute approximate surface area is 244 Å². The fraction of sp³-hybridized carbons (Fsp3) is 0.536. The fourth-order valence-electron chi connectivity index (χ4n) is 5.39. The Hall–Kier alpha value is -2.05. The number of rotatable bonds is 8. The Morgan fingerprint density at radius 3 is 2.10 bits per heavy atom. The van der Waals surface area contributed by atoms with Crippen molar-refractivity contribution in [2.45, 2.75) is 49.7 Å².